The summed E-state index contributed by atoms with van der Waals surface area (Å²) in [7, 11) is 0. The molecule has 2 aromatic carbocycles. The molecule has 28 heavy (non-hydrogen) atoms. The van der Waals surface area contributed by atoms with Crippen LogP contribution >= 0.6 is 0 Å². The highest BCUT2D eigenvalue weighted by Crippen LogP contribution is 2.24. The van der Waals surface area contributed by atoms with Gasteiger partial charge in [-0.05, 0) is 35.4 Å². The summed E-state index contributed by atoms with van der Waals surface area (Å²) < 4.78 is 13.5. The van der Waals surface area contributed by atoms with Gasteiger partial charge in [0.15, 0.2) is 0 Å². The van der Waals surface area contributed by atoms with Crippen molar-refractivity contribution in [2.24, 2.45) is 5.73 Å². The average Bonchev–Trinajstić information content (AvgIpc) is 2.97. The molecule has 146 valence electrons. The van der Waals surface area contributed by atoms with Gasteiger partial charge in [0.1, 0.15) is 5.82 Å². The van der Waals surface area contributed by atoms with Crippen LogP contribution in [0.25, 0.3) is 0 Å². The molecule has 1 saturated heterocycles. The summed E-state index contributed by atoms with van der Waals surface area (Å²) in [5.41, 5.74) is 8.52. The first-order chi connectivity index (χ1) is 13.6. The molecule has 2 heterocycles. The van der Waals surface area contributed by atoms with E-state index in [1.54, 1.807) is 30.3 Å². The fraction of sp³-hybridized carbons (Fsp3) is 0.333. The van der Waals surface area contributed by atoms with E-state index in [1.807, 2.05) is 0 Å². The van der Waals surface area contributed by atoms with Gasteiger partial charge in [-0.2, -0.15) is 0 Å². The van der Waals surface area contributed by atoms with E-state index in [0.29, 0.717) is 30.8 Å². The summed E-state index contributed by atoms with van der Waals surface area (Å²) in [6.07, 6.45) is 0. The van der Waals surface area contributed by atoms with Crippen molar-refractivity contribution in [1.82, 2.24) is 15.1 Å². The van der Waals surface area contributed by atoms with Gasteiger partial charge in [0, 0.05) is 45.3 Å². The van der Waals surface area contributed by atoms with Gasteiger partial charge in [-0.3, -0.25) is 19.4 Å². The summed E-state index contributed by atoms with van der Waals surface area (Å²) in [4.78, 5) is 28.6. The van der Waals surface area contributed by atoms with Gasteiger partial charge < -0.3 is 11.1 Å². The molecule has 7 heteroatoms. The van der Waals surface area contributed by atoms with Gasteiger partial charge in [0.25, 0.3) is 11.8 Å². The minimum atomic E-state index is -0.289. The van der Waals surface area contributed by atoms with Gasteiger partial charge >= 0.3 is 0 Å². The van der Waals surface area contributed by atoms with Crippen molar-refractivity contribution in [2.45, 2.75) is 12.6 Å². The maximum Gasteiger partial charge on any atom is 0.261 e. The summed E-state index contributed by atoms with van der Waals surface area (Å²) in [6.45, 7) is 3.53. The SMILES string of the molecule is NCc1cc(F)ccc1C1CN(CCN2C(=O)c3ccccc3C2=O)CCN1. The Balaban J connectivity index is 1.42. The number of hydrogen-bond donors (Lipinski definition) is 2. The van der Waals surface area contributed by atoms with Crippen molar-refractivity contribution in [1.29, 1.82) is 0 Å². The minimum Gasteiger partial charge on any atom is -0.326 e. The summed E-state index contributed by atoms with van der Waals surface area (Å²) in [6, 6.07) is 11.7. The number of imide groups is 1. The van der Waals surface area contributed by atoms with Crippen LogP contribution in [0, 0.1) is 5.82 Å². The molecule has 2 aromatic rings. The second-order valence-corrected chi connectivity index (χ2v) is 7.16. The number of fused-ring (bicyclic) bond motifs is 1. The fourth-order valence-electron chi connectivity index (χ4n) is 4.00. The first-order valence-electron chi connectivity index (χ1n) is 9.48. The first kappa shape index (κ1) is 18.7. The van der Waals surface area contributed by atoms with Gasteiger partial charge in [-0.15, -0.1) is 0 Å². The Bertz CT molecular complexity index is 882. The molecule has 2 aliphatic heterocycles. The molecule has 0 radical (unpaired) electrons. The summed E-state index contributed by atoms with van der Waals surface area (Å²) >= 11 is 0. The lowest BCUT2D eigenvalue weighted by Crippen LogP contribution is -2.48. The number of nitrogens with one attached hydrogen (secondary N) is 1. The molecule has 0 spiro atoms. The third-order valence-electron chi connectivity index (χ3n) is 5.48. The Morgan fingerprint density at radius 3 is 2.46 bits per heavy atom. The van der Waals surface area contributed by atoms with Crippen LogP contribution in [0.1, 0.15) is 37.9 Å². The van der Waals surface area contributed by atoms with E-state index in [9.17, 15) is 14.0 Å². The van der Waals surface area contributed by atoms with Gasteiger partial charge in [0.05, 0.1) is 11.1 Å². The maximum absolute atomic E-state index is 13.5. The fourth-order valence-corrected chi connectivity index (χ4v) is 4.00. The Hall–Kier alpha value is -2.61. The number of piperazine rings is 1. The summed E-state index contributed by atoms with van der Waals surface area (Å²) in [5.74, 6) is -0.741. The van der Waals surface area contributed by atoms with E-state index in [-0.39, 0.29) is 30.2 Å². The number of amides is 2. The number of nitrogens with two attached hydrogens (primary N) is 1. The van der Waals surface area contributed by atoms with Crippen LogP contribution < -0.4 is 11.1 Å². The standard InChI is InChI=1S/C21H23FN4O2/c22-15-5-6-16(14(11-15)12-23)19-13-25(8-7-24-19)9-10-26-20(27)17-3-1-2-4-18(17)21(26)28/h1-6,11,19,24H,7-10,12-13,23H2. The van der Waals surface area contributed by atoms with E-state index in [0.717, 1.165) is 24.2 Å². The number of carbonyl (C=O) groups excluding carboxylic acids is 2. The lowest BCUT2D eigenvalue weighted by molar-refractivity contribution is 0.0628. The molecule has 0 saturated carbocycles. The van der Waals surface area contributed by atoms with Crippen LogP contribution in [0.5, 0.6) is 0 Å². The minimum absolute atomic E-state index is 0.0371. The summed E-state index contributed by atoms with van der Waals surface area (Å²) in [5, 5.41) is 3.45. The average molecular weight is 382 g/mol. The van der Waals surface area contributed by atoms with Gasteiger partial charge in [-0.25, -0.2) is 4.39 Å². The van der Waals surface area contributed by atoms with E-state index in [4.69, 9.17) is 5.73 Å². The molecule has 1 fully saturated rings. The molecule has 1 unspecified atom stereocenters. The van der Waals surface area contributed by atoms with Crippen molar-refractivity contribution >= 4 is 11.8 Å². The second kappa shape index (κ2) is 7.79. The quantitative estimate of drug-likeness (QED) is 0.767. The number of benzene rings is 2. The Kier molecular flexibility index (Phi) is 5.21. The van der Waals surface area contributed by atoms with Crippen molar-refractivity contribution in [3.05, 3.63) is 70.5 Å². The Morgan fingerprint density at radius 2 is 1.79 bits per heavy atom. The van der Waals surface area contributed by atoms with E-state index >= 15 is 0 Å². The normalized spacial score (nSPS) is 19.9. The highest BCUT2D eigenvalue weighted by molar-refractivity contribution is 6.21. The second-order valence-electron chi connectivity index (χ2n) is 7.16. The van der Waals surface area contributed by atoms with E-state index in [1.165, 1.54) is 17.0 Å². The zero-order valence-corrected chi connectivity index (χ0v) is 15.5. The molecule has 3 N–H and O–H groups in total. The molecule has 0 aliphatic carbocycles. The lowest BCUT2D eigenvalue weighted by atomic mass is 9.98. The molecule has 2 aliphatic rings. The highest BCUT2D eigenvalue weighted by Gasteiger charge is 2.35. The number of nitrogens with zero attached hydrogens (tertiary/aromatic N) is 2. The van der Waals surface area contributed by atoms with E-state index < -0.39 is 0 Å². The maximum atomic E-state index is 13.5. The monoisotopic (exact) mass is 382 g/mol. The van der Waals surface area contributed by atoms with Crippen molar-refractivity contribution in [3.63, 3.8) is 0 Å². The molecule has 1 atom stereocenters. The Morgan fingerprint density at radius 1 is 1.07 bits per heavy atom. The molecular weight excluding hydrogens is 359 g/mol. The molecule has 0 bridgehead atoms. The predicted octanol–water partition coefficient (Wildman–Crippen LogP) is 1.53. The van der Waals surface area contributed by atoms with Crippen molar-refractivity contribution in [2.75, 3.05) is 32.7 Å². The van der Waals surface area contributed by atoms with Gasteiger partial charge in [-0.1, -0.05) is 18.2 Å². The highest BCUT2D eigenvalue weighted by atomic mass is 19.1. The van der Waals surface area contributed by atoms with Crippen molar-refractivity contribution < 1.29 is 14.0 Å². The topological polar surface area (TPSA) is 78.7 Å². The van der Waals surface area contributed by atoms with Crippen molar-refractivity contribution in [3.8, 4) is 0 Å². The zero-order chi connectivity index (χ0) is 19.7. The number of halogens is 1. The van der Waals surface area contributed by atoms with Crippen LogP contribution in [-0.4, -0.2) is 54.3 Å². The number of carbonyl (C=O) groups is 2. The van der Waals surface area contributed by atoms with Crippen LogP contribution in [0.2, 0.25) is 0 Å². The lowest BCUT2D eigenvalue weighted by Gasteiger charge is -2.35. The third kappa shape index (κ3) is 3.44. The third-order valence-corrected chi connectivity index (χ3v) is 5.48. The molecule has 6 nitrogen and oxygen atoms in total. The van der Waals surface area contributed by atoms with Crippen LogP contribution in [0.3, 0.4) is 0 Å². The zero-order valence-electron chi connectivity index (χ0n) is 15.5. The predicted molar refractivity (Wildman–Crippen MR) is 103 cm³/mol. The van der Waals surface area contributed by atoms with Crippen LogP contribution in [0.15, 0.2) is 42.5 Å². The number of rotatable bonds is 5. The van der Waals surface area contributed by atoms with Gasteiger partial charge in [0.2, 0.25) is 0 Å². The van der Waals surface area contributed by atoms with E-state index in [2.05, 4.69) is 10.2 Å². The van der Waals surface area contributed by atoms with Crippen LogP contribution in [-0.2, 0) is 6.54 Å². The van der Waals surface area contributed by atoms with Crippen LogP contribution in [0.4, 0.5) is 4.39 Å². The molecular formula is C21H23FN4O2. The molecule has 4 rings (SSSR count). The molecule has 0 aromatic heterocycles. The molecule has 2 amide bonds. The number of hydrogen-bond acceptors (Lipinski definition) is 5. The first-order valence-corrected chi connectivity index (χ1v) is 9.48. The Labute approximate surface area is 163 Å². The largest absolute Gasteiger partial charge is 0.326 e. The smallest absolute Gasteiger partial charge is 0.261 e.